The van der Waals surface area contributed by atoms with Crippen LogP contribution in [0.2, 0.25) is 0 Å². The number of nitrogens with one attached hydrogen (secondary N) is 2. The van der Waals surface area contributed by atoms with Gasteiger partial charge in [0.05, 0.1) is 35.5 Å². The lowest BCUT2D eigenvalue weighted by Gasteiger charge is -2.20. The molecule has 0 aliphatic rings. The second kappa shape index (κ2) is 10.9. The van der Waals surface area contributed by atoms with E-state index in [0.29, 0.717) is 10.9 Å². The van der Waals surface area contributed by atoms with Crippen LogP contribution in [0.15, 0.2) is 52.6 Å². The summed E-state index contributed by atoms with van der Waals surface area (Å²) >= 11 is 0. The minimum Gasteiger partial charge on any atom is -0.389 e. The number of aliphatic hydroxyl groups is 1. The number of rotatable bonds is 8. The van der Waals surface area contributed by atoms with Gasteiger partial charge in [-0.15, -0.1) is 0 Å². The predicted octanol–water partition coefficient (Wildman–Crippen LogP) is 3.98. The van der Waals surface area contributed by atoms with Crippen LogP contribution >= 0.6 is 0 Å². The largest absolute Gasteiger partial charge is 0.423 e. The molecule has 9 nitrogen and oxygen atoms in total. The van der Waals surface area contributed by atoms with Gasteiger partial charge in [-0.05, 0) is 37.4 Å². The Hall–Kier alpha value is -4.20. The van der Waals surface area contributed by atoms with Gasteiger partial charge in [0.15, 0.2) is 5.82 Å². The number of benzene rings is 1. The van der Waals surface area contributed by atoms with Crippen molar-refractivity contribution in [2.75, 3.05) is 5.32 Å². The van der Waals surface area contributed by atoms with Crippen molar-refractivity contribution in [2.45, 2.75) is 51.3 Å². The summed E-state index contributed by atoms with van der Waals surface area (Å²) in [6.07, 6.45) is -2.87. The highest BCUT2D eigenvalue weighted by Crippen LogP contribution is 2.32. The third kappa shape index (κ3) is 6.11. The normalized spacial score (nSPS) is 14.3. The summed E-state index contributed by atoms with van der Waals surface area (Å²) in [5, 5.41) is 17.5. The first-order chi connectivity index (χ1) is 18.3. The molecule has 206 valence electrons. The van der Waals surface area contributed by atoms with Gasteiger partial charge < -0.3 is 15.0 Å². The molecule has 3 aromatic heterocycles. The molecular formula is C25H23F5N6O3. The van der Waals surface area contributed by atoms with Crippen molar-refractivity contribution in [3.8, 4) is 11.4 Å². The number of hydrogen-bond donors (Lipinski definition) is 3. The molecule has 4 aromatic rings. The molecule has 0 bridgehead atoms. The number of alkyl halides is 4. The molecule has 0 aliphatic carbocycles. The number of hydrogen-bond acceptors (Lipinski definition) is 7. The second-order valence-corrected chi connectivity index (χ2v) is 9.07. The molecule has 0 aliphatic heterocycles. The number of nitrogens with zero attached hydrogens (tertiary/aromatic N) is 4. The number of halogens is 5. The Bertz CT molecular complexity index is 1600. The van der Waals surface area contributed by atoms with Gasteiger partial charge in [0, 0.05) is 36.6 Å². The molecule has 0 saturated carbocycles. The number of aromatic nitrogens is 5. The van der Waals surface area contributed by atoms with Gasteiger partial charge in [0.2, 0.25) is 0 Å². The van der Waals surface area contributed by atoms with Gasteiger partial charge in [-0.2, -0.15) is 18.3 Å². The molecule has 3 atom stereocenters. The van der Waals surface area contributed by atoms with E-state index < -0.39 is 59.2 Å². The van der Waals surface area contributed by atoms with Crippen LogP contribution < -0.4 is 16.4 Å². The Balaban J connectivity index is 1.51. The Kier molecular flexibility index (Phi) is 7.77. The SMILES string of the molecule is CC(O)c1cnc(-c2cc3ccn(C[C@@H](F)C[C@H](C)Nc4cn[nH]c(=O)c4C(F)(F)F)c(=O)c3cc2F)nc1. The first kappa shape index (κ1) is 27.8. The van der Waals surface area contributed by atoms with Gasteiger partial charge in [-0.1, -0.05) is 0 Å². The summed E-state index contributed by atoms with van der Waals surface area (Å²) in [5.74, 6) is -0.721. The van der Waals surface area contributed by atoms with Crippen LogP contribution in [0.1, 0.15) is 37.5 Å². The van der Waals surface area contributed by atoms with Gasteiger partial charge in [-0.3, -0.25) is 9.59 Å². The summed E-state index contributed by atoms with van der Waals surface area (Å²) in [6, 6.07) is 3.03. The number of fused-ring (bicyclic) bond motifs is 1. The Morgan fingerprint density at radius 1 is 1.13 bits per heavy atom. The van der Waals surface area contributed by atoms with Crippen LogP contribution in [0.3, 0.4) is 0 Å². The predicted molar refractivity (Wildman–Crippen MR) is 132 cm³/mol. The molecule has 0 amide bonds. The van der Waals surface area contributed by atoms with Crippen LogP contribution in [0.25, 0.3) is 22.2 Å². The van der Waals surface area contributed by atoms with Crippen molar-refractivity contribution in [1.29, 1.82) is 0 Å². The Labute approximate surface area is 217 Å². The minimum atomic E-state index is -4.95. The van der Waals surface area contributed by atoms with Gasteiger partial charge in [0.1, 0.15) is 17.6 Å². The summed E-state index contributed by atoms with van der Waals surface area (Å²) in [4.78, 5) is 32.7. The summed E-state index contributed by atoms with van der Waals surface area (Å²) in [6.45, 7) is 2.52. The molecule has 0 radical (unpaired) electrons. The number of aliphatic hydroxyl groups excluding tert-OH is 1. The van der Waals surface area contributed by atoms with E-state index in [9.17, 15) is 36.6 Å². The molecule has 0 fully saturated rings. The van der Waals surface area contributed by atoms with E-state index in [1.54, 1.807) is 5.10 Å². The lowest BCUT2D eigenvalue weighted by atomic mass is 10.1. The van der Waals surface area contributed by atoms with E-state index in [2.05, 4.69) is 20.4 Å². The van der Waals surface area contributed by atoms with Crippen molar-refractivity contribution in [2.24, 2.45) is 0 Å². The third-order valence-electron chi connectivity index (χ3n) is 6.01. The summed E-state index contributed by atoms with van der Waals surface area (Å²) < 4.78 is 70.5. The average Bonchev–Trinajstić information content (AvgIpc) is 2.85. The van der Waals surface area contributed by atoms with Gasteiger partial charge in [-0.25, -0.2) is 23.8 Å². The maximum atomic E-state index is 14.9. The lowest BCUT2D eigenvalue weighted by Crippen LogP contribution is -2.30. The maximum Gasteiger partial charge on any atom is 0.423 e. The van der Waals surface area contributed by atoms with E-state index in [-0.39, 0.29) is 23.2 Å². The average molecular weight is 550 g/mol. The van der Waals surface area contributed by atoms with E-state index in [1.807, 2.05) is 0 Å². The molecule has 39 heavy (non-hydrogen) atoms. The Morgan fingerprint density at radius 3 is 2.46 bits per heavy atom. The van der Waals surface area contributed by atoms with E-state index in [1.165, 1.54) is 44.6 Å². The van der Waals surface area contributed by atoms with Crippen molar-refractivity contribution < 1.29 is 27.1 Å². The van der Waals surface area contributed by atoms with Crippen LogP contribution in [-0.4, -0.2) is 42.1 Å². The molecule has 1 unspecified atom stereocenters. The highest BCUT2D eigenvalue weighted by molar-refractivity contribution is 5.86. The molecular weight excluding hydrogens is 527 g/mol. The molecule has 0 saturated heterocycles. The lowest BCUT2D eigenvalue weighted by molar-refractivity contribution is -0.138. The monoisotopic (exact) mass is 550 g/mol. The van der Waals surface area contributed by atoms with E-state index in [4.69, 9.17) is 0 Å². The zero-order valence-corrected chi connectivity index (χ0v) is 20.6. The number of anilines is 1. The molecule has 1 aromatic carbocycles. The standard InChI is InChI=1S/C25H23F5N6O3/c1-12(34-20-10-33-35-23(38)21(20)25(28,29)30)5-16(26)11-36-4-3-14-6-18(19(27)7-17(14)24(36)39)22-31-8-15(9-32-22)13(2)37/h3-4,6-10,12-13,16,37H,5,11H2,1-2H3,(H2,34,35,38)/t12-,13?,16-/m0/s1. The maximum absolute atomic E-state index is 14.9. The number of H-pyrrole nitrogens is 1. The third-order valence-corrected chi connectivity index (χ3v) is 6.01. The van der Waals surface area contributed by atoms with Crippen LogP contribution in [0.5, 0.6) is 0 Å². The summed E-state index contributed by atoms with van der Waals surface area (Å²) in [5.41, 5.74) is -3.68. The highest BCUT2D eigenvalue weighted by Gasteiger charge is 2.37. The fourth-order valence-corrected chi connectivity index (χ4v) is 4.10. The van der Waals surface area contributed by atoms with Crippen LogP contribution in [0, 0.1) is 5.82 Å². The first-order valence-corrected chi connectivity index (χ1v) is 11.7. The van der Waals surface area contributed by atoms with E-state index >= 15 is 0 Å². The number of aromatic amines is 1. The van der Waals surface area contributed by atoms with Crippen LogP contribution in [-0.2, 0) is 12.7 Å². The molecule has 0 spiro atoms. The minimum absolute atomic E-state index is 0.0119. The highest BCUT2D eigenvalue weighted by atomic mass is 19.4. The second-order valence-electron chi connectivity index (χ2n) is 9.07. The fourth-order valence-electron chi connectivity index (χ4n) is 4.10. The summed E-state index contributed by atoms with van der Waals surface area (Å²) in [7, 11) is 0. The van der Waals surface area contributed by atoms with Crippen molar-refractivity contribution in [1.82, 2.24) is 24.7 Å². The molecule has 3 N–H and O–H groups in total. The van der Waals surface area contributed by atoms with Gasteiger partial charge >= 0.3 is 6.18 Å². The van der Waals surface area contributed by atoms with E-state index in [0.717, 1.165) is 16.8 Å². The Morgan fingerprint density at radius 2 is 1.82 bits per heavy atom. The molecule has 3 heterocycles. The van der Waals surface area contributed by atoms with Crippen LogP contribution in [0.4, 0.5) is 27.6 Å². The zero-order chi connectivity index (χ0) is 28.5. The molecule has 4 rings (SSSR count). The van der Waals surface area contributed by atoms with Crippen molar-refractivity contribution in [3.63, 3.8) is 0 Å². The topological polar surface area (TPSA) is 126 Å². The number of pyridine rings is 1. The quantitative estimate of drug-likeness (QED) is 0.284. The van der Waals surface area contributed by atoms with Crippen molar-refractivity contribution in [3.05, 3.63) is 80.6 Å². The molecule has 14 heteroatoms. The van der Waals surface area contributed by atoms with Crippen molar-refractivity contribution >= 4 is 16.5 Å². The zero-order valence-electron chi connectivity index (χ0n) is 20.6. The first-order valence-electron chi connectivity index (χ1n) is 11.7. The smallest absolute Gasteiger partial charge is 0.389 e. The van der Waals surface area contributed by atoms with Gasteiger partial charge in [0.25, 0.3) is 11.1 Å². The fraction of sp³-hybridized carbons (Fsp3) is 0.320.